The number of piperidine rings is 1. The molecule has 3 rings (SSSR count). The number of nitrogens with zero attached hydrogens (tertiary/aromatic N) is 2. The zero-order valence-corrected chi connectivity index (χ0v) is 19.1. The summed E-state index contributed by atoms with van der Waals surface area (Å²) in [5.41, 5.74) is 1.94. The molecule has 0 saturated carbocycles. The van der Waals surface area contributed by atoms with E-state index in [0.29, 0.717) is 35.8 Å². The first-order valence-corrected chi connectivity index (χ1v) is 12.2. The van der Waals surface area contributed by atoms with Crippen LogP contribution < -0.4 is 0 Å². The van der Waals surface area contributed by atoms with Gasteiger partial charge in [0.1, 0.15) is 0 Å². The van der Waals surface area contributed by atoms with E-state index in [2.05, 4.69) is 0 Å². The van der Waals surface area contributed by atoms with Crippen LogP contribution in [0.5, 0.6) is 0 Å². The normalized spacial score (nSPS) is 16.2. The van der Waals surface area contributed by atoms with Gasteiger partial charge >= 0.3 is 0 Å². The van der Waals surface area contributed by atoms with Gasteiger partial charge in [0.05, 0.1) is 10.9 Å². The number of halogens is 1. The van der Waals surface area contributed by atoms with Crippen LogP contribution in [0, 0.1) is 0 Å². The Labute approximate surface area is 184 Å². The minimum Gasteiger partial charge on any atom is -0.339 e. The van der Waals surface area contributed by atoms with E-state index in [1.807, 2.05) is 43.3 Å². The molecule has 2 aromatic rings. The maximum Gasteiger partial charge on any atom is 0.243 e. The third-order valence-electron chi connectivity index (χ3n) is 5.81. The van der Waals surface area contributed by atoms with Gasteiger partial charge in [-0.05, 0) is 61.6 Å². The number of carbonyl (C=O) groups is 1. The Morgan fingerprint density at radius 3 is 2.40 bits per heavy atom. The number of hydrogen-bond acceptors (Lipinski definition) is 3. The van der Waals surface area contributed by atoms with Crippen molar-refractivity contribution in [1.82, 2.24) is 9.21 Å². The molecule has 1 unspecified atom stereocenters. The lowest BCUT2D eigenvalue weighted by molar-refractivity contribution is -0.131. The molecule has 1 heterocycles. The summed E-state index contributed by atoms with van der Waals surface area (Å²) in [5, 5.41) is 0.653. The Morgan fingerprint density at radius 1 is 1.10 bits per heavy atom. The highest BCUT2D eigenvalue weighted by atomic mass is 35.5. The second-order valence-corrected chi connectivity index (χ2v) is 10.2. The van der Waals surface area contributed by atoms with Gasteiger partial charge in [-0.15, -0.1) is 0 Å². The molecule has 0 radical (unpaired) electrons. The van der Waals surface area contributed by atoms with Gasteiger partial charge in [0, 0.05) is 31.6 Å². The summed E-state index contributed by atoms with van der Waals surface area (Å²) >= 11 is 6.06. The molecule has 5 nitrogen and oxygen atoms in total. The zero-order valence-electron chi connectivity index (χ0n) is 17.6. The third kappa shape index (κ3) is 5.42. The van der Waals surface area contributed by atoms with Crippen molar-refractivity contribution in [2.75, 3.05) is 20.1 Å². The van der Waals surface area contributed by atoms with Gasteiger partial charge in [-0.25, -0.2) is 8.42 Å². The van der Waals surface area contributed by atoms with Gasteiger partial charge in [-0.2, -0.15) is 4.31 Å². The molecule has 30 heavy (non-hydrogen) atoms. The van der Waals surface area contributed by atoms with Crippen molar-refractivity contribution in [3.63, 3.8) is 0 Å². The first-order valence-electron chi connectivity index (χ1n) is 10.4. The summed E-state index contributed by atoms with van der Waals surface area (Å²) in [4.78, 5) is 14.7. The van der Waals surface area contributed by atoms with Gasteiger partial charge in [-0.1, -0.05) is 42.3 Å². The van der Waals surface area contributed by atoms with E-state index in [1.165, 1.54) is 0 Å². The van der Waals surface area contributed by atoms with Crippen molar-refractivity contribution < 1.29 is 13.2 Å². The summed E-state index contributed by atoms with van der Waals surface area (Å²) in [5.74, 6) is 0.0347. The molecule has 1 amide bonds. The summed E-state index contributed by atoms with van der Waals surface area (Å²) in [6.07, 6.45) is 3.85. The summed E-state index contributed by atoms with van der Waals surface area (Å²) in [6.45, 7) is 3.16. The average Bonchev–Trinajstić information content (AvgIpc) is 2.77. The fourth-order valence-corrected chi connectivity index (χ4v) is 5.43. The zero-order chi connectivity index (χ0) is 21.7. The van der Waals surface area contributed by atoms with Crippen molar-refractivity contribution in [3.8, 4) is 0 Å². The highest BCUT2D eigenvalue weighted by molar-refractivity contribution is 7.89. The molecule has 162 valence electrons. The summed E-state index contributed by atoms with van der Waals surface area (Å²) in [6, 6.07) is 14.4. The Kier molecular flexibility index (Phi) is 7.55. The van der Waals surface area contributed by atoms with Gasteiger partial charge in [0.15, 0.2) is 0 Å². The highest BCUT2D eigenvalue weighted by Gasteiger charge is 2.25. The van der Waals surface area contributed by atoms with Crippen LogP contribution >= 0.6 is 11.6 Å². The van der Waals surface area contributed by atoms with Crippen LogP contribution in [0.25, 0.3) is 0 Å². The molecule has 0 spiro atoms. The van der Waals surface area contributed by atoms with E-state index in [9.17, 15) is 13.2 Å². The highest BCUT2D eigenvalue weighted by Crippen LogP contribution is 2.24. The number of carbonyl (C=O) groups excluding carboxylic acids is 1. The summed E-state index contributed by atoms with van der Waals surface area (Å²) in [7, 11) is -1.63. The Hall–Kier alpha value is -1.89. The van der Waals surface area contributed by atoms with Gasteiger partial charge in [0.2, 0.25) is 15.9 Å². The molecule has 2 aromatic carbocycles. The van der Waals surface area contributed by atoms with Gasteiger partial charge in [0.25, 0.3) is 0 Å². The van der Waals surface area contributed by atoms with Crippen LogP contribution in [-0.2, 0) is 21.2 Å². The maximum absolute atomic E-state index is 12.7. The standard InChI is InChI=1S/C23H29ClN2O3S/c1-18(20-7-6-8-21(24)17-20)25(2)23(27)14-11-19-9-12-22(13-10-19)30(28,29)26-15-4-3-5-16-26/h6-10,12-13,17-18H,3-5,11,14-16H2,1-2H3. The van der Waals surface area contributed by atoms with Crippen LogP contribution in [0.3, 0.4) is 0 Å². The smallest absolute Gasteiger partial charge is 0.243 e. The Balaban J connectivity index is 1.58. The first-order chi connectivity index (χ1) is 14.3. The molecule has 0 N–H and O–H groups in total. The maximum atomic E-state index is 12.7. The lowest BCUT2D eigenvalue weighted by atomic mass is 10.1. The van der Waals surface area contributed by atoms with Crippen LogP contribution in [0.4, 0.5) is 0 Å². The van der Waals surface area contributed by atoms with Crippen molar-refractivity contribution in [2.24, 2.45) is 0 Å². The van der Waals surface area contributed by atoms with Crippen LogP contribution in [-0.4, -0.2) is 43.7 Å². The second kappa shape index (κ2) is 9.94. The lowest BCUT2D eigenvalue weighted by Crippen LogP contribution is -2.35. The van der Waals surface area contributed by atoms with Crippen LogP contribution in [0.2, 0.25) is 5.02 Å². The van der Waals surface area contributed by atoms with Crippen molar-refractivity contribution in [2.45, 2.75) is 50.0 Å². The largest absolute Gasteiger partial charge is 0.339 e. The number of sulfonamides is 1. The number of benzene rings is 2. The molecular weight excluding hydrogens is 420 g/mol. The van der Waals surface area contributed by atoms with Gasteiger partial charge < -0.3 is 4.90 Å². The lowest BCUT2D eigenvalue weighted by Gasteiger charge is -2.26. The first kappa shape index (κ1) is 22.8. The number of rotatable bonds is 7. The van der Waals surface area contributed by atoms with E-state index in [0.717, 1.165) is 30.4 Å². The molecule has 7 heteroatoms. The van der Waals surface area contributed by atoms with E-state index in [-0.39, 0.29) is 11.9 Å². The predicted octanol–water partition coefficient (Wildman–Crippen LogP) is 4.67. The monoisotopic (exact) mass is 448 g/mol. The number of hydrogen-bond donors (Lipinski definition) is 0. The van der Waals surface area contributed by atoms with Crippen LogP contribution in [0.1, 0.15) is 49.8 Å². The number of aryl methyl sites for hydroxylation is 1. The molecule has 1 aliphatic heterocycles. The van der Waals surface area contributed by atoms with Crippen molar-refractivity contribution >= 4 is 27.5 Å². The quantitative estimate of drug-likeness (QED) is 0.618. The number of amides is 1. The third-order valence-corrected chi connectivity index (χ3v) is 7.96. The molecule has 1 fully saturated rings. The van der Waals surface area contributed by atoms with E-state index >= 15 is 0 Å². The molecule has 1 aliphatic rings. The fourth-order valence-electron chi connectivity index (χ4n) is 3.72. The minimum atomic E-state index is -3.42. The summed E-state index contributed by atoms with van der Waals surface area (Å²) < 4.78 is 27.1. The Morgan fingerprint density at radius 2 is 1.77 bits per heavy atom. The Bertz CT molecular complexity index is 970. The van der Waals surface area contributed by atoms with Gasteiger partial charge in [-0.3, -0.25) is 4.79 Å². The molecule has 1 saturated heterocycles. The van der Waals surface area contributed by atoms with Crippen LogP contribution in [0.15, 0.2) is 53.4 Å². The molecule has 0 aromatic heterocycles. The van der Waals surface area contributed by atoms with Crippen molar-refractivity contribution in [3.05, 3.63) is 64.7 Å². The second-order valence-electron chi connectivity index (χ2n) is 7.84. The average molecular weight is 449 g/mol. The SMILES string of the molecule is CC(c1cccc(Cl)c1)N(C)C(=O)CCc1ccc(S(=O)(=O)N2CCCCC2)cc1. The van der Waals surface area contributed by atoms with E-state index in [1.54, 1.807) is 28.4 Å². The van der Waals surface area contributed by atoms with Crippen molar-refractivity contribution in [1.29, 1.82) is 0 Å². The van der Waals surface area contributed by atoms with E-state index in [4.69, 9.17) is 11.6 Å². The van der Waals surface area contributed by atoms with E-state index < -0.39 is 10.0 Å². The molecule has 1 atom stereocenters. The fraction of sp³-hybridized carbons (Fsp3) is 0.435. The topological polar surface area (TPSA) is 57.7 Å². The predicted molar refractivity (Wildman–Crippen MR) is 120 cm³/mol. The molecule has 0 aliphatic carbocycles. The minimum absolute atomic E-state index is 0.0347. The molecular formula is C23H29ClN2O3S. The molecule has 0 bridgehead atoms.